The molecular formula is C19H24N6OS. The van der Waals surface area contributed by atoms with Gasteiger partial charge in [-0.3, -0.25) is 5.10 Å². The molecular weight excluding hydrogens is 360 g/mol. The van der Waals surface area contributed by atoms with Gasteiger partial charge in [0, 0.05) is 36.9 Å². The maximum Gasteiger partial charge on any atom is 0.194 e. The minimum atomic E-state index is 0.449. The van der Waals surface area contributed by atoms with Gasteiger partial charge in [-0.15, -0.1) is 11.3 Å². The van der Waals surface area contributed by atoms with E-state index in [2.05, 4.69) is 42.9 Å². The van der Waals surface area contributed by atoms with Crippen LogP contribution in [0.1, 0.15) is 35.2 Å². The molecule has 0 atom stereocenters. The van der Waals surface area contributed by atoms with E-state index in [1.54, 1.807) is 23.9 Å². The van der Waals surface area contributed by atoms with Gasteiger partial charge in [0.2, 0.25) is 0 Å². The first-order valence-electron chi connectivity index (χ1n) is 9.32. The molecule has 1 saturated heterocycles. The number of nitrogens with one attached hydrogen (secondary N) is 2. The Hall–Kier alpha value is -2.61. The third kappa shape index (κ3) is 4.77. The van der Waals surface area contributed by atoms with Crippen molar-refractivity contribution in [3.05, 3.63) is 58.7 Å². The van der Waals surface area contributed by atoms with E-state index in [9.17, 15) is 0 Å². The van der Waals surface area contributed by atoms with Gasteiger partial charge in [0.05, 0.1) is 12.8 Å². The van der Waals surface area contributed by atoms with Crippen molar-refractivity contribution in [2.75, 3.05) is 19.6 Å². The molecule has 0 saturated carbocycles. The Morgan fingerprint density at radius 3 is 2.96 bits per heavy atom. The highest BCUT2D eigenvalue weighted by molar-refractivity contribution is 7.09. The number of H-pyrrole nitrogens is 1. The average molecular weight is 385 g/mol. The molecule has 2 N–H and O–H groups in total. The van der Waals surface area contributed by atoms with Crippen LogP contribution in [0.3, 0.4) is 0 Å². The molecule has 0 radical (unpaired) electrons. The number of likely N-dealkylation sites (tertiary alicyclic amines) is 1. The summed E-state index contributed by atoms with van der Waals surface area (Å²) in [6.07, 6.45) is 6.25. The quantitative estimate of drug-likeness (QED) is 0.504. The molecule has 4 rings (SSSR count). The van der Waals surface area contributed by atoms with Crippen LogP contribution in [0.5, 0.6) is 0 Å². The monoisotopic (exact) mass is 384 g/mol. The van der Waals surface area contributed by atoms with Crippen LogP contribution < -0.4 is 5.32 Å². The molecule has 3 aromatic heterocycles. The fourth-order valence-corrected chi connectivity index (χ4v) is 3.98. The first-order chi connectivity index (χ1) is 13.4. The maximum atomic E-state index is 5.43. The smallest absolute Gasteiger partial charge is 0.194 e. The van der Waals surface area contributed by atoms with Crippen molar-refractivity contribution in [2.45, 2.75) is 31.7 Å². The molecule has 142 valence electrons. The second-order valence-electron chi connectivity index (χ2n) is 6.61. The Bertz CT molecular complexity index is 805. The van der Waals surface area contributed by atoms with Gasteiger partial charge in [0.15, 0.2) is 5.96 Å². The van der Waals surface area contributed by atoms with Crippen molar-refractivity contribution in [1.82, 2.24) is 25.4 Å². The lowest BCUT2D eigenvalue weighted by Crippen LogP contribution is -2.46. The number of nitrogens with zero attached hydrogens (tertiary/aromatic N) is 4. The van der Waals surface area contributed by atoms with Crippen LogP contribution >= 0.6 is 11.3 Å². The van der Waals surface area contributed by atoms with Crippen LogP contribution in [0.15, 0.2) is 51.6 Å². The molecule has 1 aliphatic rings. The number of furan rings is 1. The van der Waals surface area contributed by atoms with Crippen LogP contribution in [-0.4, -0.2) is 45.7 Å². The van der Waals surface area contributed by atoms with Crippen molar-refractivity contribution >= 4 is 17.3 Å². The van der Waals surface area contributed by atoms with Gasteiger partial charge >= 0.3 is 0 Å². The highest BCUT2D eigenvalue weighted by atomic mass is 32.1. The summed E-state index contributed by atoms with van der Waals surface area (Å²) in [4.78, 5) is 12.8. The molecule has 4 heterocycles. The SMILES string of the molecule is c1coc(CCNC(=NCc2cccs2)N2CCC(c3ncn[nH]3)CC2)c1. The summed E-state index contributed by atoms with van der Waals surface area (Å²) in [5, 5.41) is 12.6. The Morgan fingerprint density at radius 2 is 2.26 bits per heavy atom. The lowest BCUT2D eigenvalue weighted by molar-refractivity contribution is 0.298. The summed E-state index contributed by atoms with van der Waals surface area (Å²) in [6.45, 7) is 3.44. The van der Waals surface area contributed by atoms with E-state index in [1.165, 1.54) is 4.88 Å². The van der Waals surface area contributed by atoms with Gasteiger partial charge in [0.1, 0.15) is 17.9 Å². The molecule has 0 aromatic carbocycles. The minimum Gasteiger partial charge on any atom is -0.469 e. The van der Waals surface area contributed by atoms with Crippen LogP contribution in [0.2, 0.25) is 0 Å². The summed E-state index contributed by atoms with van der Waals surface area (Å²) in [6, 6.07) is 8.13. The second-order valence-corrected chi connectivity index (χ2v) is 7.64. The highest BCUT2D eigenvalue weighted by Crippen LogP contribution is 2.25. The molecule has 0 amide bonds. The van der Waals surface area contributed by atoms with Crippen LogP contribution in [0, 0.1) is 0 Å². The van der Waals surface area contributed by atoms with Gasteiger partial charge in [-0.1, -0.05) is 6.07 Å². The van der Waals surface area contributed by atoms with E-state index in [-0.39, 0.29) is 0 Å². The molecule has 0 bridgehead atoms. The third-order valence-corrected chi connectivity index (χ3v) is 5.68. The molecule has 3 aromatic rings. The topological polar surface area (TPSA) is 82.3 Å². The number of rotatable bonds is 6. The predicted molar refractivity (Wildman–Crippen MR) is 106 cm³/mol. The number of thiophene rings is 1. The Labute approximate surface area is 162 Å². The molecule has 8 heteroatoms. The van der Waals surface area contributed by atoms with Crippen molar-refractivity contribution in [3.8, 4) is 0 Å². The van der Waals surface area contributed by atoms with Gasteiger partial charge in [-0.05, 0) is 36.4 Å². The number of hydrogen-bond acceptors (Lipinski definition) is 5. The van der Waals surface area contributed by atoms with Crippen LogP contribution in [-0.2, 0) is 13.0 Å². The Morgan fingerprint density at radius 1 is 1.33 bits per heavy atom. The molecule has 27 heavy (non-hydrogen) atoms. The number of hydrogen-bond donors (Lipinski definition) is 2. The molecule has 0 aliphatic carbocycles. The lowest BCUT2D eigenvalue weighted by atomic mass is 9.96. The summed E-state index contributed by atoms with van der Waals surface area (Å²) in [5.41, 5.74) is 0. The molecule has 1 fully saturated rings. The highest BCUT2D eigenvalue weighted by Gasteiger charge is 2.24. The zero-order valence-electron chi connectivity index (χ0n) is 15.2. The van der Waals surface area contributed by atoms with Crippen molar-refractivity contribution < 1.29 is 4.42 Å². The fraction of sp³-hybridized carbons (Fsp3) is 0.421. The minimum absolute atomic E-state index is 0.449. The van der Waals surface area contributed by atoms with E-state index >= 15 is 0 Å². The largest absolute Gasteiger partial charge is 0.469 e. The zero-order valence-corrected chi connectivity index (χ0v) is 16.0. The molecule has 0 unspecified atom stereocenters. The van der Waals surface area contributed by atoms with Crippen molar-refractivity contribution in [2.24, 2.45) is 4.99 Å². The van der Waals surface area contributed by atoms with E-state index < -0.39 is 0 Å². The predicted octanol–water partition coefficient (Wildman–Crippen LogP) is 3.03. The maximum absolute atomic E-state index is 5.43. The second kappa shape index (κ2) is 8.85. The van der Waals surface area contributed by atoms with Gasteiger partial charge in [-0.25, -0.2) is 9.98 Å². The van der Waals surface area contributed by atoms with E-state index in [0.29, 0.717) is 12.5 Å². The molecule has 1 aliphatic heterocycles. The average Bonchev–Trinajstić information content (AvgIpc) is 3.48. The van der Waals surface area contributed by atoms with Crippen molar-refractivity contribution in [3.63, 3.8) is 0 Å². The first kappa shape index (κ1) is 17.8. The normalized spacial score (nSPS) is 16.0. The fourth-order valence-electron chi connectivity index (χ4n) is 3.35. The third-order valence-electron chi connectivity index (χ3n) is 4.81. The first-order valence-corrected chi connectivity index (χ1v) is 10.2. The van der Waals surface area contributed by atoms with Gasteiger partial charge in [-0.2, -0.15) is 5.10 Å². The number of piperidine rings is 1. The number of aromatic amines is 1. The standard InChI is InChI=1S/C19H24N6OS/c1-3-16(26-11-1)5-8-20-19(21-13-17-4-2-12-27-17)25-9-6-15(7-10-25)18-22-14-23-24-18/h1-4,11-12,14-15H,5-10,13H2,(H,20,21)(H,22,23,24). The van der Waals surface area contributed by atoms with Crippen LogP contribution in [0.4, 0.5) is 0 Å². The van der Waals surface area contributed by atoms with E-state index in [4.69, 9.17) is 9.41 Å². The number of guanidine groups is 1. The zero-order chi connectivity index (χ0) is 18.3. The van der Waals surface area contributed by atoms with Gasteiger partial charge < -0.3 is 14.6 Å². The summed E-state index contributed by atoms with van der Waals surface area (Å²) in [5.74, 6) is 3.41. The van der Waals surface area contributed by atoms with Gasteiger partial charge in [0.25, 0.3) is 0 Å². The summed E-state index contributed by atoms with van der Waals surface area (Å²) >= 11 is 1.74. The lowest BCUT2D eigenvalue weighted by Gasteiger charge is -2.33. The van der Waals surface area contributed by atoms with E-state index in [1.807, 2.05) is 12.1 Å². The molecule has 7 nitrogen and oxygen atoms in total. The number of aliphatic imine (C=N–C) groups is 1. The number of aromatic nitrogens is 3. The summed E-state index contributed by atoms with van der Waals surface area (Å²) < 4.78 is 5.43. The van der Waals surface area contributed by atoms with Crippen LogP contribution in [0.25, 0.3) is 0 Å². The van der Waals surface area contributed by atoms with E-state index in [0.717, 1.165) is 56.4 Å². The Kier molecular flexibility index (Phi) is 5.83. The summed E-state index contributed by atoms with van der Waals surface area (Å²) in [7, 11) is 0. The Balaban J connectivity index is 1.37. The molecule has 0 spiro atoms. The van der Waals surface area contributed by atoms with Crippen molar-refractivity contribution in [1.29, 1.82) is 0 Å².